The lowest BCUT2D eigenvalue weighted by Gasteiger charge is -2.29. The predicted octanol–water partition coefficient (Wildman–Crippen LogP) is 0.133. The Kier molecular flexibility index (Phi) is 4.72. The van der Waals surface area contributed by atoms with E-state index in [0.717, 1.165) is 0 Å². The standard InChI is InChI=1S/C11H19NO5S/c1-3-8(2)12(6-10(13)14)11(15)9-4-5-18(16,17)7-9/h8-9H,3-7H2,1-2H3,(H,13,14). The topological polar surface area (TPSA) is 91.8 Å². The highest BCUT2D eigenvalue weighted by atomic mass is 32.2. The van der Waals surface area contributed by atoms with E-state index in [1.54, 1.807) is 6.92 Å². The zero-order valence-corrected chi connectivity index (χ0v) is 11.4. The third-order valence-electron chi connectivity index (χ3n) is 3.29. The maximum atomic E-state index is 12.2. The van der Waals surface area contributed by atoms with E-state index in [1.807, 2.05) is 6.92 Å². The summed E-state index contributed by atoms with van der Waals surface area (Å²) in [5.41, 5.74) is 0. The lowest BCUT2D eigenvalue weighted by molar-refractivity contribution is -0.147. The van der Waals surface area contributed by atoms with Crippen LogP contribution in [-0.4, -0.2) is 54.4 Å². The molecule has 1 N–H and O–H groups in total. The Balaban J connectivity index is 2.80. The third kappa shape index (κ3) is 3.69. The smallest absolute Gasteiger partial charge is 0.323 e. The zero-order chi connectivity index (χ0) is 13.9. The number of hydrogen-bond donors (Lipinski definition) is 1. The van der Waals surface area contributed by atoms with Crippen molar-refractivity contribution in [3.8, 4) is 0 Å². The molecule has 1 heterocycles. The van der Waals surface area contributed by atoms with E-state index in [2.05, 4.69) is 0 Å². The summed E-state index contributed by atoms with van der Waals surface area (Å²) in [7, 11) is -3.13. The van der Waals surface area contributed by atoms with Crippen molar-refractivity contribution in [1.29, 1.82) is 0 Å². The number of carboxylic acids is 1. The average Bonchev–Trinajstić information content (AvgIpc) is 2.64. The molecule has 0 radical (unpaired) electrons. The van der Waals surface area contributed by atoms with E-state index in [9.17, 15) is 18.0 Å². The maximum Gasteiger partial charge on any atom is 0.323 e. The molecule has 2 atom stereocenters. The number of sulfone groups is 1. The van der Waals surface area contributed by atoms with Gasteiger partial charge in [0.15, 0.2) is 9.84 Å². The van der Waals surface area contributed by atoms with Crippen LogP contribution in [-0.2, 0) is 19.4 Å². The van der Waals surface area contributed by atoms with Gasteiger partial charge in [0.1, 0.15) is 6.54 Å². The van der Waals surface area contributed by atoms with Gasteiger partial charge in [0.05, 0.1) is 17.4 Å². The zero-order valence-electron chi connectivity index (χ0n) is 10.6. The number of nitrogens with zero attached hydrogens (tertiary/aromatic N) is 1. The molecule has 0 saturated carbocycles. The van der Waals surface area contributed by atoms with E-state index >= 15 is 0 Å². The van der Waals surface area contributed by atoms with Crippen LogP contribution in [0.2, 0.25) is 0 Å². The highest BCUT2D eigenvalue weighted by Gasteiger charge is 2.36. The van der Waals surface area contributed by atoms with Gasteiger partial charge in [-0.1, -0.05) is 6.92 Å². The van der Waals surface area contributed by atoms with Gasteiger partial charge in [-0.3, -0.25) is 9.59 Å². The fourth-order valence-electron chi connectivity index (χ4n) is 2.04. The van der Waals surface area contributed by atoms with Crippen LogP contribution in [0.1, 0.15) is 26.7 Å². The molecule has 1 aliphatic rings. The number of amides is 1. The molecule has 0 spiro atoms. The largest absolute Gasteiger partial charge is 0.480 e. The molecular weight excluding hydrogens is 258 g/mol. The number of aliphatic carboxylic acids is 1. The minimum Gasteiger partial charge on any atom is -0.480 e. The van der Waals surface area contributed by atoms with Gasteiger partial charge in [-0.25, -0.2) is 8.42 Å². The fraction of sp³-hybridized carbons (Fsp3) is 0.818. The Morgan fingerprint density at radius 1 is 1.44 bits per heavy atom. The lowest BCUT2D eigenvalue weighted by Crippen LogP contribution is -2.45. The van der Waals surface area contributed by atoms with Gasteiger partial charge < -0.3 is 10.0 Å². The summed E-state index contributed by atoms with van der Waals surface area (Å²) in [6.45, 7) is 3.26. The molecule has 0 aromatic rings. The van der Waals surface area contributed by atoms with Crippen molar-refractivity contribution < 1.29 is 23.1 Å². The van der Waals surface area contributed by atoms with Gasteiger partial charge in [0.25, 0.3) is 0 Å². The van der Waals surface area contributed by atoms with Crippen LogP contribution >= 0.6 is 0 Å². The molecule has 2 unspecified atom stereocenters. The van der Waals surface area contributed by atoms with Crippen LogP contribution in [0, 0.1) is 5.92 Å². The Bertz CT molecular complexity index is 431. The van der Waals surface area contributed by atoms with Crippen molar-refractivity contribution in [3.63, 3.8) is 0 Å². The molecule has 0 aromatic heterocycles. The summed E-state index contributed by atoms with van der Waals surface area (Å²) in [5, 5.41) is 8.81. The Morgan fingerprint density at radius 2 is 2.06 bits per heavy atom. The quantitative estimate of drug-likeness (QED) is 0.771. The summed E-state index contributed by atoms with van der Waals surface area (Å²) < 4.78 is 22.7. The summed E-state index contributed by atoms with van der Waals surface area (Å²) in [6, 6.07) is -0.197. The first-order valence-corrected chi connectivity index (χ1v) is 7.81. The number of hydrogen-bond acceptors (Lipinski definition) is 4. The lowest BCUT2D eigenvalue weighted by atomic mass is 10.1. The molecule has 7 heteroatoms. The van der Waals surface area contributed by atoms with Crippen molar-refractivity contribution in [1.82, 2.24) is 4.90 Å². The molecule has 6 nitrogen and oxygen atoms in total. The Labute approximate surface area is 107 Å². The number of carbonyl (C=O) groups excluding carboxylic acids is 1. The van der Waals surface area contributed by atoms with Gasteiger partial charge in [-0.05, 0) is 19.8 Å². The van der Waals surface area contributed by atoms with Crippen LogP contribution in [0.15, 0.2) is 0 Å². The number of carbonyl (C=O) groups is 2. The molecule has 0 aliphatic carbocycles. The van der Waals surface area contributed by atoms with Crippen molar-refractivity contribution in [2.24, 2.45) is 5.92 Å². The van der Waals surface area contributed by atoms with Crippen molar-refractivity contribution in [3.05, 3.63) is 0 Å². The maximum absolute atomic E-state index is 12.2. The van der Waals surface area contributed by atoms with Gasteiger partial charge in [0.2, 0.25) is 5.91 Å². The normalized spacial score (nSPS) is 23.6. The van der Waals surface area contributed by atoms with Gasteiger partial charge in [-0.2, -0.15) is 0 Å². The summed E-state index contributed by atoms with van der Waals surface area (Å²) in [6.07, 6.45) is 0.937. The van der Waals surface area contributed by atoms with E-state index in [1.165, 1.54) is 4.90 Å². The van der Waals surface area contributed by atoms with E-state index in [4.69, 9.17) is 5.11 Å². The van der Waals surface area contributed by atoms with Crippen molar-refractivity contribution in [2.45, 2.75) is 32.7 Å². The summed E-state index contributed by atoms with van der Waals surface area (Å²) >= 11 is 0. The minimum absolute atomic E-state index is 0.0187. The van der Waals surface area contributed by atoms with Gasteiger partial charge in [0, 0.05) is 6.04 Å². The number of carboxylic acid groups (broad SMARTS) is 1. The minimum atomic E-state index is -3.13. The fourth-order valence-corrected chi connectivity index (χ4v) is 3.77. The Hall–Kier alpha value is -1.11. The molecule has 1 fully saturated rings. The Morgan fingerprint density at radius 3 is 2.44 bits per heavy atom. The van der Waals surface area contributed by atoms with Crippen LogP contribution in [0.3, 0.4) is 0 Å². The summed E-state index contributed by atoms with van der Waals surface area (Å²) in [5.74, 6) is -2.15. The van der Waals surface area contributed by atoms with Crippen LogP contribution in [0.5, 0.6) is 0 Å². The van der Waals surface area contributed by atoms with Crippen molar-refractivity contribution >= 4 is 21.7 Å². The molecule has 1 amide bonds. The average molecular weight is 277 g/mol. The monoisotopic (exact) mass is 277 g/mol. The second kappa shape index (κ2) is 5.69. The molecule has 1 rings (SSSR count). The van der Waals surface area contributed by atoms with Gasteiger partial charge in [-0.15, -0.1) is 0 Å². The second-order valence-electron chi connectivity index (χ2n) is 4.72. The molecule has 1 aliphatic heterocycles. The highest BCUT2D eigenvalue weighted by molar-refractivity contribution is 7.91. The molecular formula is C11H19NO5S. The van der Waals surface area contributed by atoms with Crippen LogP contribution in [0.25, 0.3) is 0 Å². The van der Waals surface area contributed by atoms with E-state index in [0.29, 0.717) is 12.8 Å². The molecule has 1 saturated heterocycles. The molecule has 0 aromatic carbocycles. The SMILES string of the molecule is CCC(C)N(CC(=O)O)C(=O)C1CCS(=O)(=O)C1. The highest BCUT2D eigenvalue weighted by Crippen LogP contribution is 2.22. The third-order valence-corrected chi connectivity index (χ3v) is 5.06. The first kappa shape index (κ1) is 14.9. The first-order chi connectivity index (χ1) is 8.26. The second-order valence-corrected chi connectivity index (χ2v) is 6.95. The number of rotatable bonds is 5. The van der Waals surface area contributed by atoms with Crippen molar-refractivity contribution in [2.75, 3.05) is 18.1 Å². The van der Waals surface area contributed by atoms with E-state index in [-0.39, 0.29) is 30.0 Å². The first-order valence-electron chi connectivity index (χ1n) is 5.99. The van der Waals surface area contributed by atoms with Crippen LogP contribution < -0.4 is 0 Å². The molecule has 18 heavy (non-hydrogen) atoms. The van der Waals surface area contributed by atoms with E-state index < -0.39 is 21.7 Å². The summed E-state index contributed by atoms with van der Waals surface area (Å²) in [4.78, 5) is 24.2. The molecule has 0 bridgehead atoms. The predicted molar refractivity (Wildman–Crippen MR) is 65.9 cm³/mol. The molecule has 104 valence electrons. The van der Waals surface area contributed by atoms with Crippen LogP contribution in [0.4, 0.5) is 0 Å². The van der Waals surface area contributed by atoms with Gasteiger partial charge >= 0.3 is 5.97 Å².